The van der Waals surface area contributed by atoms with Crippen molar-refractivity contribution in [2.24, 2.45) is 0 Å². The van der Waals surface area contributed by atoms with Gasteiger partial charge in [-0.25, -0.2) is 4.39 Å². The summed E-state index contributed by atoms with van der Waals surface area (Å²) in [6.07, 6.45) is 10.9. The summed E-state index contributed by atoms with van der Waals surface area (Å²) in [5.74, 6) is -0.171. The molecule has 22 heavy (non-hydrogen) atoms. The molecule has 1 nitrogen and oxygen atoms in total. The predicted molar refractivity (Wildman–Crippen MR) is 91.4 cm³/mol. The van der Waals surface area contributed by atoms with E-state index in [9.17, 15) is 4.39 Å². The van der Waals surface area contributed by atoms with Gasteiger partial charge in [-0.15, -0.1) is 0 Å². The summed E-state index contributed by atoms with van der Waals surface area (Å²) in [6.45, 7) is 4.02. The quantitative estimate of drug-likeness (QED) is 0.537. The first-order valence-corrected chi connectivity index (χ1v) is 8.42. The first kappa shape index (κ1) is 16.7. The van der Waals surface area contributed by atoms with Gasteiger partial charge in [-0.2, -0.15) is 0 Å². The number of benzene rings is 1. The summed E-state index contributed by atoms with van der Waals surface area (Å²) < 4.78 is 13.6. The number of rotatable bonds is 8. The van der Waals surface area contributed by atoms with Crippen LogP contribution in [0.3, 0.4) is 0 Å². The number of hydrogen-bond donors (Lipinski definition) is 0. The van der Waals surface area contributed by atoms with Gasteiger partial charge in [0.05, 0.1) is 5.69 Å². The van der Waals surface area contributed by atoms with Crippen molar-refractivity contribution in [3.05, 3.63) is 53.5 Å². The molecule has 0 N–H and O–H groups in total. The van der Waals surface area contributed by atoms with E-state index in [2.05, 4.69) is 18.0 Å². The molecular weight excluding hydrogens is 273 g/mol. The summed E-state index contributed by atoms with van der Waals surface area (Å²) >= 11 is 0. The molecule has 0 unspecified atom stereocenters. The number of aryl methyl sites for hydroxylation is 2. The molecule has 0 fully saturated rings. The molecule has 0 saturated heterocycles. The second kappa shape index (κ2) is 8.67. The summed E-state index contributed by atoms with van der Waals surface area (Å²) in [6, 6.07) is 9.40. The van der Waals surface area contributed by atoms with Gasteiger partial charge in [0.25, 0.3) is 0 Å². The van der Waals surface area contributed by atoms with Crippen molar-refractivity contribution < 1.29 is 4.39 Å². The molecule has 1 aromatic heterocycles. The second-order valence-corrected chi connectivity index (χ2v) is 6.03. The monoisotopic (exact) mass is 299 g/mol. The van der Waals surface area contributed by atoms with Crippen LogP contribution in [0.1, 0.15) is 56.6 Å². The molecule has 2 heteroatoms. The van der Waals surface area contributed by atoms with E-state index < -0.39 is 0 Å². The molecule has 0 aliphatic heterocycles. The van der Waals surface area contributed by atoms with Gasteiger partial charge in [-0.05, 0) is 43.0 Å². The van der Waals surface area contributed by atoms with Gasteiger partial charge in [0.1, 0.15) is 5.82 Å². The Hall–Kier alpha value is -1.70. The second-order valence-electron chi connectivity index (χ2n) is 6.03. The maximum absolute atomic E-state index is 13.6. The van der Waals surface area contributed by atoms with Crippen molar-refractivity contribution in [2.75, 3.05) is 0 Å². The van der Waals surface area contributed by atoms with Gasteiger partial charge >= 0.3 is 0 Å². The summed E-state index contributed by atoms with van der Waals surface area (Å²) in [5, 5.41) is 0. The zero-order chi connectivity index (χ0) is 15.8. The Morgan fingerprint density at radius 2 is 1.73 bits per heavy atom. The van der Waals surface area contributed by atoms with Crippen molar-refractivity contribution in [1.29, 1.82) is 0 Å². The van der Waals surface area contributed by atoms with Crippen LogP contribution in [-0.4, -0.2) is 4.98 Å². The number of halogens is 1. The molecule has 0 bridgehead atoms. The van der Waals surface area contributed by atoms with Crippen molar-refractivity contribution in [1.82, 2.24) is 4.98 Å². The van der Waals surface area contributed by atoms with Crippen LogP contribution in [0.5, 0.6) is 0 Å². The van der Waals surface area contributed by atoms with Crippen LogP contribution >= 0.6 is 0 Å². The molecule has 0 spiro atoms. The van der Waals surface area contributed by atoms with Crippen LogP contribution in [-0.2, 0) is 6.42 Å². The summed E-state index contributed by atoms with van der Waals surface area (Å²) in [4.78, 5) is 4.48. The molecule has 0 atom stereocenters. The highest BCUT2D eigenvalue weighted by molar-refractivity contribution is 5.59. The van der Waals surface area contributed by atoms with E-state index in [-0.39, 0.29) is 5.82 Å². The Morgan fingerprint density at radius 1 is 0.955 bits per heavy atom. The van der Waals surface area contributed by atoms with Crippen LogP contribution in [0.2, 0.25) is 0 Å². The van der Waals surface area contributed by atoms with E-state index in [1.165, 1.54) is 44.1 Å². The average molecular weight is 299 g/mol. The molecule has 118 valence electrons. The summed E-state index contributed by atoms with van der Waals surface area (Å²) in [5.41, 5.74) is 3.62. The normalized spacial score (nSPS) is 10.9. The van der Waals surface area contributed by atoms with Gasteiger partial charge in [-0.3, -0.25) is 4.98 Å². The van der Waals surface area contributed by atoms with E-state index in [1.54, 1.807) is 19.1 Å². The lowest BCUT2D eigenvalue weighted by atomic mass is 10.0. The third-order valence-electron chi connectivity index (χ3n) is 4.11. The number of unbranched alkanes of at least 4 members (excludes halogenated alkanes) is 5. The lowest BCUT2D eigenvalue weighted by Gasteiger charge is -2.05. The molecule has 0 radical (unpaired) electrons. The minimum Gasteiger partial charge on any atom is -0.256 e. The van der Waals surface area contributed by atoms with E-state index in [0.29, 0.717) is 5.56 Å². The first-order chi connectivity index (χ1) is 10.7. The predicted octanol–water partition coefficient (Wildman–Crippen LogP) is 6.10. The first-order valence-electron chi connectivity index (χ1n) is 8.42. The van der Waals surface area contributed by atoms with Gasteiger partial charge in [0.15, 0.2) is 0 Å². The average Bonchev–Trinajstić information content (AvgIpc) is 2.54. The standard InChI is InChI=1S/C20H26FN/c1-3-4-5-6-7-8-9-17-11-13-20(22-15-17)18-12-10-16(2)19(21)14-18/h10-15H,3-9H2,1-2H3. The van der Waals surface area contributed by atoms with Crippen LogP contribution < -0.4 is 0 Å². The van der Waals surface area contributed by atoms with Crippen LogP contribution in [0, 0.1) is 12.7 Å². The molecule has 0 saturated carbocycles. The SMILES string of the molecule is CCCCCCCCc1ccc(-c2ccc(C)c(F)c2)nc1. The van der Waals surface area contributed by atoms with Crippen molar-refractivity contribution in [3.8, 4) is 11.3 Å². The van der Waals surface area contributed by atoms with Crippen LogP contribution in [0.25, 0.3) is 11.3 Å². The van der Waals surface area contributed by atoms with Crippen molar-refractivity contribution in [2.45, 2.75) is 58.8 Å². The molecule has 0 aliphatic rings. The van der Waals surface area contributed by atoms with Crippen molar-refractivity contribution >= 4 is 0 Å². The van der Waals surface area contributed by atoms with Gasteiger partial charge < -0.3 is 0 Å². The van der Waals surface area contributed by atoms with Crippen LogP contribution in [0.4, 0.5) is 4.39 Å². The van der Waals surface area contributed by atoms with Crippen molar-refractivity contribution in [3.63, 3.8) is 0 Å². The Morgan fingerprint density at radius 3 is 2.41 bits per heavy atom. The van der Waals surface area contributed by atoms with Crippen LogP contribution in [0.15, 0.2) is 36.5 Å². The lowest BCUT2D eigenvalue weighted by molar-refractivity contribution is 0.607. The fraction of sp³-hybridized carbons (Fsp3) is 0.450. The largest absolute Gasteiger partial charge is 0.256 e. The molecule has 0 amide bonds. The van der Waals surface area contributed by atoms with Gasteiger partial charge in [-0.1, -0.05) is 57.2 Å². The molecule has 0 aliphatic carbocycles. The highest BCUT2D eigenvalue weighted by Crippen LogP contribution is 2.20. The summed E-state index contributed by atoms with van der Waals surface area (Å²) in [7, 11) is 0. The van der Waals surface area contributed by atoms with Gasteiger partial charge in [0, 0.05) is 11.8 Å². The minimum atomic E-state index is -0.171. The molecule has 2 rings (SSSR count). The molecule has 1 heterocycles. The minimum absolute atomic E-state index is 0.171. The fourth-order valence-electron chi connectivity index (χ4n) is 2.60. The van der Waals surface area contributed by atoms with E-state index in [4.69, 9.17) is 0 Å². The smallest absolute Gasteiger partial charge is 0.126 e. The van der Waals surface area contributed by atoms with E-state index in [1.807, 2.05) is 18.3 Å². The number of nitrogens with zero attached hydrogens (tertiary/aromatic N) is 1. The third-order valence-corrected chi connectivity index (χ3v) is 4.11. The molecule has 1 aromatic carbocycles. The molecule has 2 aromatic rings. The Bertz CT molecular complexity index is 575. The Kier molecular flexibility index (Phi) is 6.57. The Labute approximate surface area is 133 Å². The van der Waals surface area contributed by atoms with E-state index >= 15 is 0 Å². The third kappa shape index (κ3) is 4.94. The number of pyridine rings is 1. The zero-order valence-electron chi connectivity index (χ0n) is 13.7. The fourth-order valence-corrected chi connectivity index (χ4v) is 2.60. The highest BCUT2D eigenvalue weighted by Gasteiger charge is 2.03. The zero-order valence-corrected chi connectivity index (χ0v) is 13.7. The maximum Gasteiger partial charge on any atom is 0.126 e. The highest BCUT2D eigenvalue weighted by atomic mass is 19.1. The maximum atomic E-state index is 13.6. The lowest BCUT2D eigenvalue weighted by Crippen LogP contribution is -1.91. The van der Waals surface area contributed by atoms with Gasteiger partial charge in [0.2, 0.25) is 0 Å². The Balaban J connectivity index is 1.86. The number of aromatic nitrogens is 1. The number of hydrogen-bond acceptors (Lipinski definition) is 1. The van der Waals surface area contributed by atoms with E-state index in [0.717, 1.165) is 17.7 Å². The molecular formula is C20H26FN. The topological polar surface area (TPSA) is 12.9 Å².